The molecule has 0 N–H and O–H groups in total. The quantitative estimate of drug-likeness (QED) is 0.809. The Morgan fingerprint density at radius 2 is 1.76 bits per heavy atom. The second-order valence-electron chi connectivity index (χ2n) is 4.29. The monoisotopic (exact) mass is 230 g/mol. The van der Waals surface area contributed by atoms with E-state index < -0.39 is 0 Å². The molecule has 0 aliphatic heterocycles. The van der Waals surface area contributed by atoms with Crippen molar-refractivity contribution in [2.45, 2.75) is 12.8 Å². The van der Waals surface area contributed by atoms with Crippen LogP contribution in [0.2, 0.25) is 0 Å². The van der Waals surface area contributed by atoms with Crippen LogP contribution in [0.1, 0.15) is 12.8 Å². The molecule has 1 aliphatic rings. The van der Waals surface area contributed by atoms with Gasteiger partial charge in [-0.15, -0.1) is 0 Å². The maximum atomic E-state index is 5.75. The molecule has 2 heterocycles. The summed E-state index contributed by atoms with van der Waals surface area (Å²) in [6.07, 6.45) is 5.99. The average Bonchev–Trinajstić information content (AvgIpc) is 3.19. The molecule has 3 rings (SSSR count). The van der Waals surface area contributed by atoms with Gasteiger partial charge in [0.15, 0.2) is 0 Å². The molecule has 0 unspecified atom stereocenters. The van der Waals surface area contributed by atoms with E-state index in [0.29, 0.717) is 11.8 Å². The number of methoxy groups -OCH3 is 1. The van der Waals surface area contributed by atoms with Crippen molar-refractivity contribution in [3.63, 3.8) is 0 Å². The van der Waals surface area contributed by atoms with Crippen molar-refractivity contribution in [1.82, 2.24) is 9.97 Å². The molecule has 88 valence electrons. The number of aromatic nitrogens is 2. The van der Waals surface area contributed by atoms with Crippen molar-refractivity contribution in [3.05, 3.63) is 24.5 Å². The van der Waals surface area contributed by atoms with Gasteiger partial charge in [0.05, 0.1) is 24.5 Å². The highest BCUT2D eigenvalue weighted by Gasteiger charge is 2.22. The van der Waals surface area contributed by atoms with Crippen LogP contribution in [0.25, 0.3) is 10.8 Å². The molecular weight excluding hydrogens is 216 g/mol. The Hall–Kier alpha value is -1.84. The van der Waals surface area contributed by atoms with E-state index in [1.807, 2.05) is 12.1 Å². The van der Waals surface area contributed by atoms with Gasteiger partial charge in [-0.2, -0.15) is 0 Å². The van der Waals surface area contributed by atoms with E-state index in [9.17, 15) is 0 Å². The molecule has 0 radical (unpaired) electrons. The number of nitrogens with zero attached hydrogens (tertiary/aromatic N) is 2. The van der Waals surface area contributed by atoms with Crippen LogP contribution >= 0.6 is 0 Å². The molecule has 0 aromatic carbocycles. The minimum atomic E-state index is 0.612. The van der Waals surface area contributed by atoms with Crippen LogP contribution in [0.4, 0.5) is 0 Å². The highest BCUT2D eigenvalue weighted by Crippen LogP contribution is 2.32. The van der Waals surface area contributed by atoms with Gasteiger partial charge >= 0.3 is 0 Å². The second-order valence-corrected chi connectivity index (χ2v) is 4.29. The van der Waals surface area contributed by atoms with Gasteiger partial charge in [-0.25, -0.2) is 9.97 Å². The Morgan fingerprint density at radius 3 is 2.41 bits per heavy atom. The fourth-order valence-corrected chi connectivity index (χ4v) is 1.81. The Labute approximate surface area is 99.6 Å². The van der Waals surface area contributed by atoms with Gasteiger partial charge in [-0.3, -0.25) is 0 Å². The fraction of sp³-hybridized carbons (Fsp3) is 0.385. The molecule has 1 aliphatic carbocycles. The lowest BCUT2D eigenvalue weighted by Crippen LogP contribution is -2.01. The number of rotatable bonds is 4. The molecular formula is C13H14N2O2. The van der Waals surface area contributed by atoms with Gasteiger partial charge in [0.1, 0.15) is 0 Å². The summed E-state index contributed by atoms with van der Waals surface area (Å²) in [5.74, 6) is 2.01. The lowest BCUT2D eigenvalue weighted by atomic mass is 10.2. The summed E-state index contributed by atoms with van der Waals surface area (Å²) in [4.78, 5) is 8.44. The van der Waals surface area contributed by atoms with E-state index >= 15 is 0 Å². The van der Waals surface area contributed by atoms with Crippen LogP contribution in [0.15, 0.2) is 24.5 Å². The van der Waals surface area contributed by atoms with Gasteiger partial charge in [0.25, 0.3) is 0 Å². The van der Waals surface area contributed by atoms with Gasteiger partial charge < -0.3 is 9.47 Å². The summed E-state index contributed by atoms with van der Waals surface area (Å²) < 4.78 is 11.0. The van der Waals surface area contributed by atoms with Crippen molar-refractivity contribution in [3.8, 4) is 11.8 Å². The van der Waals surface area contributed by atoms with Crippen LogP contribution in [0, 0.1) is 5.92 Å². The minimum Gasteiger partial charge on any atom is -0.481 e. The Balaban J connectivity index is 1.99. The van der Waals surface area contributed by atoms with E-state index in [2.05, 4.69) is 9.97 Å². The van der Waals surface area contributed by atoms with Gasteiger partial charge in [0, 0.05) is 12.4 Å². The highest BCUT2D eigenvalue weighted by atomic mass is 16.5. The van der Waals surface area contributed by atoms with Crippen LogP contribution in [0.5, 0.6) is 11.8 Å². The molecule has 17 heavy (non-hydrogen) atoms. The summed E-state index contributed by atoms with van der Waals surface area (Å²) in [7, 11) is 1.62. The summed E-state index contributed by atoms with van der Waals surface area (Å²) in [5.41, 5.74) is 0. The van der Waals surface area contributed by atoms with Crippen molar-refractivity contribution in [2.75, 3.05) is 13.7 Å². The largest absolute Gasteiger partial charge is 0.481 e. The summed E-state index contributed by atoms with van der Waals surface area (Å²) in [5, 5.41) is 1.90. The molecule has 0 spiro atoms. The van der Waals surface area contributed by atoms with Crippen molar-refractivity contribution in [2.24, 2.45) is 5.92 Å². The summed E-state index contributed by atoms with van der Waals surface area (Å²) in [6.45, 7) is 0.761. The maximum Gasteiger partial charge on any atom is 0.221 e. The first-order valence-corrected chi connectivity index (χ1v) is 5.79. The molecule has 1 saturated carbocycles. The van der Waals surface area contributed by atoms with E-state index in [4.69, 9.17) is 9.47 Å². The Morgan fingerprint density at radius 1 is 1.12 bits per heavy atom. The molecule has 4 nitrogen and oxygen atoms in total. The number of hydrogen-bond acceptors (Lipinski definition) is 4. The van der Waals surface area contributed by atoms with Crippen LogP contribution in [0.3, 0.4) is 0 Å². The van der Waals surface area contributed by atoms with Crippen LogP contribution < -0.4 is 9.47 Å². The molecule has 2 aromatic heterocycles. The number of fused-ring (bicyclic) bond motifs is 1. The standard InChI is InChI=1S/C13H14N2O2/c1-16-12-10-4-7-15-13(11(10)5-6-14-12)17-8-9-2-3-9/h4-7,9H,2-3,8H2,1H3. The molecule has 4 heteroatoms. The predicted octanol–water partition coefficient (Wildman–Crippen LogP) is 2.43. The zero-order valence-corrected chi connectivity index (χ0v) is 9.72. The highest BCUT2D eigenvalue weighted by molar-refractivity contribution is 5.90. The molecule has 2 aromatic rings. The van der Waals surface area contributed by atoms with Crippen LogP contribution in [-0.4, -0.2) is 23.7 Å². The maximum absolute atomic E-state index is 5.75. The smallest absolute Gasteiger partial charge is 0.221 e. The van der Waals surface area contributed by atoms with E-state index in [-0.39, 0.29) is 0 Å². The van der Waals surface area contributed by atoms with Crippen molar-refractivity contribution >= 4 is 10.8 Å². The Kier molecular flexibility index (Phi) is 2.55. The van der Waals surface area contributed by atoms with E-state index in [1.165, 1.54) is 12.8 Å². The predicted molar refractivity (Wildman–Crippen MR) is 64.3 cm³/mol. The SMILES string of the molecule is COc1nccc2c(OCC3CC3)nccc12. The number of pyridine rings is 2. The molecule has 0 amide bonds. The summed E-state index contributed by atoms with van der Waals surface area (Å²) in [6, 6.07) is 3.80. The van der Waals surface area contributed by atoms with Crippen molar-refractivity contribution in [1.29, 1.82) is 0 Å². The average molecular weight is 230 g/mol. The minimum absolute atomic E-state index is 0.612. The van der Waals surface area contributed by atoms with Crippen molar-refractivity contribution < 1.29 is 9.47 Å². The van der Waals surface area contributed by atoms with E-state index in [1.54, 1.807) is 19.5 Å². The first-order valence-electron chi connectivity index (χ1n) is 5.79. The second kappa shape index (κ2) is 4.20. The zero-order valence-electron chi connectivity index (χ0n) is 9.72. The lowest BCUT2D eigenvalue weighted by molar-refractivity contribution is 0.292. The molecule has 0 saturated heterocycles. The lowest BCUT2D eigenvalue weighted by Gasteiger charge is -2.08. The van der Waals surface area contributed by atoms with Gasteiger partial charge in [-0.1, -0.05) is 0 Å². The topological polar surface area (TPSA) is 44.2 Å². The first-order chi connectivity index (χ1) is 8.38. The number of hydrogen-bond donors (Lipinski definition) is 0. The van der Waals surface area contributed by atoms with E-state index in [0.717, 1.165) is 23.3 Å². The van der Waals surface area contributed by atoms with Gasteiger partial charge in [0.2, 0.25) is 11.8 Å². The van der Waals surface area contributed by atoms with Crippen LogP contribution in [-0.2, 0) is 0 Å². The van der Waals surface area contributed by atoms with Gasteiger partial charge in [-0.05, 0) is 30.9 Å². The number of ether oxygens (including phenoxy) is 2. The summed E-state index contributed by atoms with van der Waals surface area (Å²) >= 11 is 0. The first kappa shape index (κ1) is 10.3. The third-order valence-corrected chi connectivity index (χ3v) is 2.96. The normalized spacial score (nSPS) is 14.9. The fourth-order valence-electron chi connectivity index (χ4n) is 1.81. The Bertz CT molecular complexity index is 538. The zero-order chi connectivity index (χ0) is 11.7. The third kappa shape index (κ3) is 2.02. The molecule has 0 bridgehead atoms. The third-order valence-electron chi connectivity index (χ3n) is 2.96. The molecule has 1 fully saturated rings. The molecule has 0 atom stereocenters.